The summed E-state index contributed by atoms with van der Waals surface area (Å²) in [6, 6.07) is -8.32. The SMILES string of the molecule is C=CC(=O)N1CCN(c2nc(CCCC(=O)N3CCN(C(=O)CCC[C@@H](C)[C@@H](O)[C@H]4C(=O)N[C@@H](CC)C(=O)N(C)CC(=O)N(C)[C@@H](CC(C)C)C(=O)N[C@@H](C(C)C)C(=O)N(C)[C@@H](CC(C)C)C(=O)N[C@@H](C)C(=O)N[C@H](C)C(=O)N(C)[C@@H](CC(C)C)C(=O)N(C)[C@@H](CC(C)C)C(=O)N(C)[C@@H](C(C)C)C(=O)N4C)CC3)nc3c(F)c(-c4c(O)cccc4F)c(Cl)cc23)CC1. The maximum absolute atomic E-state index is 16.9. The maximum Gasteiger partial charge on any atom is 0.246 e. The number of carbonyl (C=O) groups is 14. The smallest absolute Gasteiger partial charge is 0.246 e. The summed E-state index contributed by atoms with van der Waals surface area (Å²) >= 11 is 6.69. The van der Waals surface area contributed by atoms with Gasteiger partial charge in [-0.2, -0.15) is 0 Å². The van der Waals surface area contributed by atoms with Gasteiger partial charge in [0.2, 0.25) is 82.7 Å². The minimum absolute atomic E-state index is 0.0185. The van der Waals surface area contributed by atoms with E-state index in [1.807, 2.05) is 60.3 Å². The number of benzene rings is 2. The second-order valence-corrected chi connectivity index (χ2v) is 37.3. The average Bonchev–Trinajstić information content (AvgIpc) is 0.746. The minimum Gasteiger partial charge on any atom is -0.507 e. The van der Waals surface area contributed by atoms with Crippen molar-refractivity contribution in [2.75, 3.05) is 113 Å². The number of piperazine rings is 2. The number of phenols is 1. The number of phenolic OH excluding ortho intramolecular Hbond substituents is 1. The van der Waals surface area contributed by atoms with E-state index in [4.69, 9.17) is 16.6 Å². The molecule has 6 N–H and O–H groups in total. The van der Waals surface area contributed by atoms with Gasteiger partial charge < -0.3 is 85.4 Å². The van der Waals surface area contributed by atoms with E-state index in [0.29, 0.717) is 32.0 Å². The Bertz CT molecular complexity index is 4420. The Kier molecular flexibility index (Phi) is 39.3. The van der Waals surface area contributed by atoms with E-state index in [1.54, 1.807) is 56.2 Å². The standard InChI is InChI=1S/C91H140ClF2N17O16/c1-25-62-87(123)101(18)49-72(116)102(19)63(44-50(3)4)84(120)100-76(54(11)12)90(126)103(20)64(45-51(5)6)83(119)95-57(16)82(118)96-58(17)86(122)104(21)65(46-52(7)8)88(124)105(22)66(47-53(9)10)89(125)106(23)78(55(13)14)91(127)107(24)79(85(121)97-62)80(117)56(15)30-27-34-70(114)109-36-38-110(39-37-109)71(115)35-29-33-68-98-77-59(81(99-68)111-42-40-108(41-43-111)69(113)26-2)48-60(92)73(75(77)94)74-61(93)31-28-32-67(74)112/h26,28,31-32,48,50-58,62-66,76,78-80,112,117H,2,25,27,29-30,33-47,49H2,1,3-24H3,(H,95,119)(H,96,118)(H,97,121)(H,100,120)/t56-,57+,58-,62+,63+,64+,65+,66+,76+,78+,79+,80-/m1/s1. The maximum atomic E-state index is 16.9. The fourth-order valence-electron chi connectivity index (χ4n) is 16.7. The Morgan fingerprint density at radius 1 is 0.543 bits per heavy atom. The highest BCUT2D eigenvalue weighted by Crippen LogP contribution is 2.43. The van der Waals surface area contributed by atoms with Gasteiger partial charge in [0.15, 0.2) is 5.82 Å². The summed E-state index contributed by atoms with van der Waals surface area (Å²) < 4.78 is 32.2. The molecule has 36 heteroatoms. The number of nitrogens with zero attached hydrogens (tertiary/aromatic N) is 13. The Hall–Kier alpha value is -10.2. The molecule has 33 nitrogen and oxygen atoms in total. The first-order valence-electron chi connectivity index (χ1n) is 44.5. The molecule has 1 aromatic heterocycles. The van der Waals surface area contributed by atoms with E-state index in [2.05, 4.69) is 32.8 Å². The van der Waals surface area contributed by atoms with Gasteiger partial charge in [-0.3, -0.25) is 67.1 Å². The van der Waals surface area contributed by atoms with Gasteiger partial charge in [0.1, 0.15) is 89.1 Å². The number of carbonyl (C=O) groups excluding carboxylic acids is 14. The highest BCUT2D eigenvalue weighted by molar-refractivity contribution is 6.34. The third-order valence-corrected chi connectivity index (χ3v) is 24.7. The van der Waals surface area contributed by atoms with E-state index in [0.717, 1.165) is 15.9 Å². The van der Waals surface area contributed by atoms with Crippen molar-refractivity contribution in [3.05, 3.63) is 59.4 Å². The lowest BCUT2D eigenvalue weighted by atomic mass is 9.90. The Labute approximate surface area is 752 Å². The van der Waals surface area contributed by atoms with Crippen LogP contribution in [-0.4, -0.2) is 327 Å². The first-order chi connectivity index (χ1) is 59.4. The van der Waals surface area contributed by atoms with Crippen LogP contribution in [0.5, 0.6) is 5.75 Å². The molecule has 3 fully saturated rings. The Balaban J connectivity index is 1.28. The van der Waals surface area contributed by atoms with Crippen LogP contribution in [0, 0.1) is 53.1 Å². The largest absolute Gasteiger partial charge is 0.507 e. The van der Waals surface area contributed by atoms with Crippen LogP contribution in [-0.2, 0) is 73.5 Å². The van der Waals surface area contributed by atoms with Gasteiger partial charge in [-0.15, -0.1) is 0 Å². The number of nitrogens with one attached hydrogen (secondary N) is 4. The van der Waals surface area contributed by atoms with Crippen molar-refractivity contribution in [1.82, 2.24) is 80.2 Å². The molecular weight excluding hydrogens is 1660 g/mol. The molecule has 0 unspecified atom stereocenters. The van der Waals surface area contributed by atoms with Crippen LogP contribution >= 0.6 is 11.6 Å². The first-order valence-corrected chi connectivity index (χ1v) is 44.9. The van der Waals surface area contributed by atoms with E-state index in [9.17, 15) is 58.2 Å². The molecule has 3 saturated heterocycles. The van der Waals surface area contributed by atoms with Gasteiger partial charge in [0.05, 0.1) is 23.2 Å². The average molecular weight is 1800 g/mol. The molecule has 4 heterocycles. The zero-order valence-electron chi connectivity index (χ0n) is 78.7. The van der Waals surface area contributed by atoms with Crippen LogP contribution in [0.4, 0.5) is 14.6 Å². The van der Waals surface area contributed by atoms with Gasteiger partial charge in [-0.05, 0) is 131 Å². The predicted molar refractivity (Wildman–Crippen MR) is 480 cm³/mol. The second kappa shape index (κ2) is 47.2. The van der Waals surface area contributed by atoms with E-state index < -0.39 is 184 Å². The number of aromatic nitrogens is 2. The second-order valence-electron chi connectivity index (χ2n) is 36.9. The van der Waals surface area contributed by atoms with Gasteiger partial charge in [-0.1, -0.05) is 121 Å². The zero-order valence-corrected chi connectivity index (χ0v) is 79.4. The highest BCUT2D eigenvalue weighted by atomic mass is 35.5. The molecular formula is C91H140ClF2N17O16. The molecule has 3 aliphatic heterocycles. The number of likely N-dealkylation sites (N-methyl/N-ethyl adjacent to an activating group) is 7. The molecule has 0 aliphatic carbocycles. The molecule has 14 amide bonds. The van der Waals surface area contributed by atoms with Crippen LogP contribution < -0.4 is 26.2 Å². The molecule has 127 heavy (non-hydrogen) atoms. The van der Waals surface area contributed by atoms with Gasteiger partial charge >= 0.3 is 0 Å². The lowest BCUT2D eigenvalue weighted by Crippen LogP contribution is -2.63. The highest BCUT2D eigenvalue weighted by Gasteiger charge is 2.47. The van der Waals surface area contributed by atoms with Crippen molar-refractivity contribution in [1.29, 1.82) is 0 Å². The summed E-state index contributed by atoms with van der Waals surface area (Å²) in [6.45, 7) is 32.4. The first kappa shape index (κ1) is 106. The normalized spacial score (nSPS) is 23.3. The molecule has 2 aromatic carbocycles. The van der Waals surface area contributed by atoms with E-state index in [-0.39, 0.29) is 160 Å². The number of rotatable bonds is 24. The summed E-state index contributed by atoms with van der Waals surface area (Å²) in [5.74, 6) is -13.9. The minimum atomic E-state index is -1.81. The Morgan fingerprint density at radius 2 is 1.02 bits per heavy atom. The third-order valence-electron chi connectivity index (χ3n) is 24.4. The van der Waals surface area contributed by atoms with Crippen molar-refractivity contribution < 1.29 is 86.1 Å². The lowest BCUT2D eigenvalue weighted by molar-refractivity contribution is -0.157. The van der Waals surface area contributed by atoms with Crippen molar-refractivity contribution in [3.8, 4) is 16.9 Å². The third kappa shape index (κ3) is 27.0. The van der Waals surface area contributed by atoms with Gasteiger partial charge in [-0.25, -0.2) is 18.7 Å². The van der Waals surface area contributed by atoms with E-state index in [1.165, 1.54) is 112 Å². The summed E-state index contributed by atoms with van der Waals surface area (Å²) in [6.07, 6.45) is 0.354. The Morgan fingerprint density at radius 3 is 1.54 bits per heavy atom. The topological polar surface area (TPSA) is 389 Å². The number of aromatic hydroxyl groups is 1. The zero-order chi connectivity index (χ0) is 95.5. The number of halogens is 3. The number of hydrogen-bond donors (Lipinski definition) is 6. The number of aliphatic hydroxyl groups excluding tert-OH is 1. The summed E-state index contributed by atoms with van der Waals surface area (Å²) in [4.78, 5) is 229. The summed E-state index contributed by atoms with van der Waals surface area (Å²) in [7, 11) is 9.65. The molecule has 0 saturated carbocycles. The number of aryl methyl sites for hydroxylation is 1. The number of fused-ring (bicyclic) bond motifs is 1. The quantitative estimate of drug-likeness (QED) is 0.0540. The molecule has 0 radical (unpaired) electrons. The number of aliphatic hydroxyl groups is 1. The molecule has 0 spiro atoms. The number of hydrogen-bond acceptors (Lipinski definition) is 19. The van der Waals surface area contributed by atoms with Crippen LogP contribution in [0.25, 0.3) is 22.0 Å². The van der Waals surface area contributed by atoms with Crippen molar-refractivity contribution in [2.45, 2.75) is 248 Å². The molecule has 706 valence electrons. The van der Waals surface area contributed by atoms with E-state index >= 15 is 28.0 Å². The van der Waals surface area contributed by atoms with Crippen LogP contribution in [0.1, 0.15) is 181 Å². The fourth-order valence-corrected chi connectivity index (χ4v) is 17.0. The predicted octanol–water partition coefficient (Wildman–Crippen LogP) is 6.25. The van der Waals surface area contributed by atoms with Gasteiger partial charge in [0.25, 0.3) is 0 Å². The molecule has 3 aliphatic rings. The van der Waals surface area contributed by atoms with Crippen LogP contribution in [0.15, 0.2) is 36.9 Å². The number of amides is 14. The fraction of sp³-hybridized carbons (Fsp3) is 0.670. The molecule has 3 aromatic rings. The lowest BCUT2D eigenvalue weighted by Gasteiger charge is -2.41. The van der Waals surface area contributed by atoms with Crippen LogP contribution in [0.3, 0.4) is 0 Å². The van der Waals surface area contributed by atoms with Crippen molar-refractivity contribution in [2.24, 2.45) is 41.4 Å². The van der Waals surface area contributed by atoms with Crippen molar-refractivity contribution >= 4 is 111 Å². The molecule has 0 bridgehead atoms. The number of anilines is 1. The monoisotopic (exact) mass is 1800 g/mol. The summed E-state index contributed by atoms with van der Waals surface area (Å²) in [5, 5.41) is 34.4. The van der Waals surface area contributed by atoms with Gasteiger partial charge in [0, 0.05) is 132 Å². The van der Waals surface area contributed by atoms with Crippen LogP contribution in [0.2, 0.25) is 5.02 Å². The molecule has 6 rings (SSSR count). The summed E-state index contributed by atoms with van der Waals surface area (Å²) in [5.41, 5.74) is -1.05. The molecule has 12 atom stereocenters. The van der Waals surface area contributed by atoms with Crippen molar-refractivity contribution in [3.63, 3.8) is 0 Å².